The molecule has 0 fully saturated rings. The molecule has 0 aliphatic carbocycles. The van der Waals surface area contributed by atoms with E-state index in [0.717, 1.165) is 24.1 Å². The van der Waals surface area contributed by atoms with Gasteiger partial charge in [-0.1, -0.05) is 27.2 Å². The Labute approximate surface area is 176 Å². The minimum Gasteiger partial charge on any atom is -0.348 e. The second-order valence-corrected chi connectivity index (χ2v) is 7.00. The maximum atomic E-state index is 12.5. The van der Waals surface area contributed by atoms with Crippen molar-refractivity contribution >= 4 is 17.7 Å². The maximum absolute atomic E-state index is 12.5. The van der Waals surface area contributed by atoms with Gasteiger partial charge >= 0.3 is 0 Å². The van der Waals surface area contributed by atoms with Crippen molar-refractivity contribution in [2.45, 2.75) is 54.0 Å². The predicted molar refractivity (Wildman–Crippen MR) is 116 cm³/mol. The molecule has 3 amide bonds. The standard InChI is InChI=1S/C21H23N3O4.C2H6/c1-4-5-8-24-20(27)15-7-6-14(10-16(15)21(24)28)18(25)22-11-17-12(2)9-13(3)23-19(17)26;1-2/h6-7,9-10H,4-5,8,11H2,1-3H3,(H,22,25)(H,23,26);1-2H3. The van der Waals surface area contributed by atoms with E-state index < -0.39 is 5.91 Å². The number of unbranched alkanes of at least 4 members (excludes halogenated alkanes) is 1. The summed E-state index contributed by atoms with van der Waals surface area (Å²) < 4.78 is 0. The van der Waals surface area contributed by atoms with Gasteiger partial charge in [0, 0.05) is 29.9 Å². The van der Waals surface area contributed by atoms with E-state index in [4.69, 9.17) is 0 Å². The fraction of sp³-hybridized carbons (Fsp3) is 0.391. The molecule has 1 aliphatic rings. The Morgan fingerprint density at radius 2 is 1.70 bits per heavy atom. The SMILES string of the molecule is CC.CCCCN1C(=O)c2ccc(C(=O)NCc3c(C)cc(C)[nH]c3=O)cc2C1=O. The molecule has 160 valence electrons. The average molecular weight is 412 g/mol. The molecule has 0 bridgehead atoms. The van der Waals surface area contributed by atoms with Crippen LogP contribution in [0, 0.1) is 13.8 Å². The van der Waals surface area contributed by atoms with Crippen LogP contribution in [0.3, 0.4) is 0 Å². The van der Waals surface area contributed by atoms with E-state index in [0.29, 0.717) is 17.7 Å². The molecule has 0 saturated carbocycles. The Balaban J connectivity index is 0.00000155. The number of amides is 3. The van der Waals surface area contributed by atoms with Gasteiger partial charge in [0.1, 0.15) is 0 Å². The molecule has 0 spiro atoms. The summed E-state index contributed by atoms with van der Waals surface area (Å²) in [7, 11) is 0. The monoisotopic (exact) mass is 411 g/mol. The molecule has 30 heavy (non-hydrogen) atoms. The lowest BCUT2D eigenvalue weighted by atomic mass is 10.0. The van der Waals surface area contributed by atoms with Crippen molar-refractivity contribution in [3.8, 4) is 0 Å². The van der Waals surface area contributed by atoms with Gasteiger partial charge in [0.05, 0.1) is 11.1 Å². The van der Waals surface area contributed by atoms with E-state index in [1.54, 1.807) is 6.92 Å². The second-order valence-electron chi connectivity index (χ2n) is 7.00. The largest absolute Gasteiger partial charge is 0.348 e. The molecular weight excluding hydrogens is 382 g/mol. The number of carbonyl (C=O) groups excluding carboxylic acids is 3. The summed E-state index contributed by atoms with van der Waals surface area (Å²) in [5.74, 6) is -1.09. The summed E-state index contributed by atoms with van der Waals surface area (Å²) in [6.07, 6.45) is 1.61. The van der Waals surface area contributed by atoms with E-state index in [2.05, 4.69) is 10.3 Å². The topological polar surface area (TPSA) is 99.3 Å². The number of rotatable bonds is 6. The van der Waals surface area contributed by atoms with Gasteiger partial charge in [-0.15, -0.1) is 0 Å². The Morgan fingerprint density at radius 1 is 1.03 bits per heavy atom. The van der Waals surface area contributed by atoms with E-state index in [1.165, 1.54) is 23.1 Å². The summed E-state index contributed by atoms with van der Waals surface area (Å²) >= 11 is 0. The Morgan fingerprint density at radius 3 is 2.33 bits per heavy atom. The predicted octanol–water partition coefficient (Wildman–Crippen LogP) is 3.34. The third-order valence-corrected chi connectivity index (χ3v) is 4.89. The van der Waals surface area contributed by atoms with Crippen LogP contribution in [0.15, 0.2) is 29.1 Å². The molecule has 7 heteroatoms. The fourth-order valence-corrected chi connectivity index (χ4v) is 3.32. The van der Waals surface area contributed by atoms with Crippen molar-refractivity contribution in [1.29, 1.82) is 0 Å². The molecule has 0 unspecified atom stereocenters. The Kier molecular flexibility index (Phi) is 7.69. The minimum absolute atomic E-state index is 0.0763. The average Bonchev–Trinajstić information content (AvgIpc) is 2.96. The summed E-state index contributed by atoms with van der Waals surface area (Å²) in [5, 5.41) is 2.71. The summed E-state index contributed by atoms with van der Waals surface area (Å²) in [6, 6.07) is 6.33. The molecule has 2 heterocycles. The molecule has 1 aromatic heterocycles. The van der Waals surface area contributed by atoms with Crippen LogP contribution >= 0.6 is 0 Å². The molecule has 0 atom stereocenters. The number of hydrogen-bond acceptors (Lipinski definition) is 4. The lowest BCUT2D eigenvalue weighted by molar-refractivity contribution is 0.0652. The number of fused-ring (bicyclic) bond motifs is 1. The smallest absolute Gasteiger partial charge is 0.261 e. The number of pyridine rings is 1. The maximum Gasteiger partial charge on any atom is 0.261 e. The van der Waals surface area contributed by atoms with Crippen LogP contribution in [-0.2, 0) is 6.54 Å². The highest BCUT2D eigenvalue weighted by atomic mass is 16.2. The van der Waals surface area contributed by atoms with Crippen LogP contribution in [0.4, 0.5) is 0 Å². The number of carbonyl (C=O) groups is 3. The van der Waals surface area contributed by atoms with E-state index in [9.17, 15) is 19.2 Å². The van der Waals surface area contributed by atoms with Crippen molar-refractivity contribution in [3.05, 3.63) is 68.1 Å². The van der Waals surface area contributed by atoms with Gasteiger partial charge in [-0.25, -0.2) is 0 Å². The number of H-pyrrole nitrogens is 1. The molecule has 0 radical (unpaired) electrons. The second kappa shape index (κ2) is 10.0. The van der Waals surface area contributed by atoms with Gasteiger partial charge < -0.3 is 10.3 Å². The number of hydrogen-bond donors (Lipinski definition) is 2. The van der Waals surface area contributed by atoms with E-state index in [-0.39, 0.29) is 35.0 Å². The van der Waals surface area contributed by atoms with Gasteiger partial charge in [0.15, 0.2) is 0 Å². The van der Waals surface area contributed by atoms with E-state index >= 15 is 0 Å². The molecule has 3 rings (SSSR count). The number of aromatic nitrogens is 1. The summed E-state index contributed by atoms with van der Waals surface area (Å²) in [5.41, 5.74) is 2.64. The van der Waals surface area contributed by atoms with Crippen molar-refractivity contribution in [3.63, 3.8) is 0 Å². The number of aryl methyl sites for hydroxylation is 2. The fourth-order valence-electron chi connectivity index (χ4n) is 3.32. The highest BCUT2D eigenvalue weighted by molar-refractivity contribution is 6.22. The van der Waals surface area contributed by atoms with Crippen LogP contribution < -0.4 is 10.9 Å². The Bertz CT molecular complexity index is 1020. The molecule has 2 aromatic rings. The zero-order valence-electron chi connectivity index (χ0n) is 18.2. The van der Waals surface area contributed by atoms with Crippen molar-refractivity contribution < 1.29 is 14.4 Å². The number of nitrogens with one attached hydrogen (secondary N) is 2. The normalized spacial score (nSPS) is 12.4. The van der Waals surface area contributed by atoms with Crippen LogP contribution in [0.25, 0.3) is 0 Å². The lowest BCUT2D eigenvalue weighted by Crippen LogP contribution is -2.30. The zero-order chi connectivity index (χ0) is 22.4. The number of imide groups is 1. The zero-order valence-corrected chi connectivity index (χ0v) is 18.2. The lowest BCUT2D eigenvalue weighted by Gasteiger charge is -2.12. The van der Waals surface area contributed by atoms with Crippen LogP contribution in [0.1, 0.15) is 81.5 Å². The Hall–Kier alpha value is -3.22. The first-order valence-corrected chi connectivity index (χ1v) is 10.3. The van der Waals surface area contributed by atoms with Crippen LogP contribution in [0.2, 0.25) is 0 Å². The first kappa shape index (κ1) is 23.1. The van der Waals surface area contributed by atoms with Crippen LogP contribution in [0.5, 0.6) is 0 Å². The van der Waals surface area contributed by atoms with Crippen LogP contribution in [-0.4, -0.2) is 34.2 Å². The first-order valence-electron chi connectivity index (χ1n) is 10.3. The molecule has 7 nitrogen and oxygen atoms in total. The molecular formula is C23H29N3O4. The van der Waals surface area contributed by atoms with Gasteiger partial charge in [-0.3, -0.25) is 24.1 Å². The van der Waals surface area contributed by atoms with Crippen molar-refractivity contribution in [2.24, 2.45) is 0 Å². The van der Waals surface area contributed by atoms with Crippen molar-refractivity contribution in [1.82, 2.24) is 15.2 Å². The first-order chi connectivity index (χ1) is 14.3. The molecule has 1 aromatic carbocycles. The molecule has 0 saturated heterocycles. The number of benzene rings is 1. The quantitative estimate of drug-likeness (QED) is 0.712. The van der Waals surface area contributed by atoms with Gasteiger partial charge in [0.25, 0.3) is 23.3 Å². The van der Waals surface area contributed by atoms with Gasteiger partial charge in [-0.05, 0) is 50.1 Å². The van der Waals surface area contributed by atoms with E-state index in [1.807, 2.05) is 33.8 Å². The third kappa shape index (κ3) is 4.67. The van der Waals surface area contributed by atoms with Gasteiger partial charge in [-0.2, -0.15) is 0 Å². The molecule has 1 aliphatic heterocycles. The highest BCUT2D eigenvalue weighted by Crippen LogP contribution is 2.24. The number of aromatic amines is 1. The summed E-state index contributed by atoms with van der Waals surface area (Å²) in [4.78, 5) is 53.4. The minimum atomic E-state index is -0.408. The number of nitrogens with zero attached hydrogens (tertiary/aromatic N) is 1. The van der Waals surface area contributed by atoms with Crippen molar-refractivity contribution in [2.75, 3.05) is 6.54 Å². The third-order valence-electron chi connectivity index (χ3n) is 4.89. The van der Waals surface area contributed by atoms with Gasteiger partial charge in [0.2, 0.25) is 0 Å². The molecule has 2 N–H and O–H groups in total. The summed E-state index contributed by atoms with van der Waals surface area (Å²) in [6.45, 7) is 10.0. The highest BCUT2D eigenvalue weighted by Gasteiger charge is 2.35.